The zero-order chi connectivity index (χ0) is 20.9. The van der Waals surface area contributed by atoms with E-state index in [-0.39, 0.29) is 6.61 Å². The van der Waals surface area contributed by atoms with E-state index in [9.17, 15) is 8.42 Å². The monoisotopic (exact) mass is 410 g/mol. The highest BCUT2D eigenvalue weighted by molar-refractivity contribution is 7.90. The molecule has 0 amide bonds. The minimum absolute atomic E-state index is 0.126. The van der Waals surface area contributed by atoms with Gasteiger partial charge in [-0.2, -0.15) is 0 Å². The molecule has 152 valence electrons. The van der Waals surface area contributed by atoms with Gasteiger partial charge in [0.15, 0.2) is 9.84 Å². The maximum atomic E-state index is 11.8. The summed E-state index contributed by atoms with van der Waals surface area (Å²) in [5, 5.41) is 9.04. The van der Waals surface area contributed by atoms with Crippen LogP contribution < -0.4 is 4.74 Å². The Labute approximate surface area is 173 Å². The number of unbranched alkanes of at least 4 members (excludes halogenated alkanes) is 1. The minimum Gasteiger partial charge on any atom is -0.497 e. The largest absolute Gasteiger partial charge is 0.497 e. The molecule has 4 nitrogen and oxygen atoms in total. The molecule has 1 N–H and O–H groups in total. The quantitative estimate of drug-likeness (QED) is 0.595. The second kappa shape index (κ2) is 9.30. The van der Waals surface area contributed by atoms with Gasteiger partial charge < -0.3 is 9.84 Å². The molecule has 0 fully saturated rings. The first kappa shape index (κ1) is 21.2. The summed E-state index contributed by atoms with van der Waals surface area (Å²) in [4.78, 5) is 0.316. The van der Waals surface area contributed by atoms with Crippen LogP contribution >= 0.6 is 0 Å². The van der Waals surface area contributed by atoms with Crippen LogP contribution in [0.1, 0.15) is 42.4 Å². The molecule has 5 heteroatoms. The van der Waals surface area contributed by atoms with Crippen LogP contribution in [-0.4, -0.2) is 33.5 Å². The van der Waals surface area contributed by atoms with Crippen LogP contribution in [0.25, 0.3) is 11.1 Å². The maximum absolute atomic E-state index is 11.8. The van der Waals surface area contributed by atoms with E-state index in [1.165, 1.54) is 11.8 Å². The molecule has 0 heterocycles. The summed E-state index contributed by atoms with van der Waals surface area (Å²) < 4.78 is 29.0. The fourth-order valence-electron chi connectivity index (χ4n) is 3.54. The van der Waals surface area contributed by atoms with Crippen LogP contribution in [0.3, 0.4) is 0 Å². The predicted molar refractivity (Wildman–Crippen MR) is 116 cm³/mol. The second-order valence-electron chi connectivity index (χ2n) is 7.16. The van der Waals surface area contributed by atoms with Crippen LogP contribution in [0.4, 0.5) is 0 Å². The number of sulfone groups is 1. The van der Waals surface area contributed by atoms with Gasteiger partial charge in [-0.15, -0.1) is 0 Å². The van der Waals surface area contributed by atoms with E-state index < -0.39 is 9.84 Å². The number of fused-ring (bicyclic) bond motifs is 1. The Bertz CT molecular complexity index is 1070. The number of aliphatic hydroxyl groups is 1. The van der Waals surface area contributed by atoms with Crippen LogP contribution in [0, 0.1) is 11.8 Å². The Morgan fingerprint density at radius 2 is 1.86 bits per heavy atom. The number of benzene rings is 2. The van der Waals surface area contributed by atoms with E-state index in [2.05, 4.69) is 24.0 Å². The van der Waals surface area contributed by atoms with Gasteiger partial charge in [0.05, 0.1) is 12.0 Å². The lowest BCUT2D eigenvalue weighted by atomic mass is 9.92. The molecular weight excluding hydrogens is 384 g/mol. The smallest absolute Gasteiger partial charge is 0.175 e. The molecule has 0 spiro atoms. The number of allylic oxidation sites excluding steroid dienone is 2. The van der Waals surface area contributed by atoms with E-state index in [0.717, 1.165) is 47.3 Å². The molecule has 1 aliphatic carbocycles. The van der Waals surface area contributed by atoms with Gasteiger partial charge in [0.1, 0.15) is 5.75 Å². The molecule has 0 unspecified atom stereocenters. The molecule has 0 saturated carbocycles. The molecule has 0 bridgehead atoms. The number of ether oxygens (including phenoxy) is 1. The number of methoxy groups -OCH3 is 1. The average molecular weight is 411 g/mol. The maximum Gasteiger partial charge on any atom is 0.175 e. The van der Waals surface area contributed by atoms with Crippen molar-refractivity contribution < 1.29 is 18.3 Å². The zero-order valence-electron chi connectivity index (χ0n) is 16.9. The van der Waals surface area contributed by atoms with Gasteiger partial charge in [0.25, 0.3) is 0 Å². The Hall–Kier alpha value is -2.55. The lowest BCUT2D eigenvalue weighted by Crippen LogP contribution is -1.97. The van der Waals surface area contributed by atoms with Crippen molar-refractivity contribution in [3.63, 3.8) is 0 Å². The molecule has 0 radical (unpaired) electrons. The number of aliphatic hydroxyl groups excluding tert-OH is 1. The molecular formula is C24H26O4S. The second-order valence-corrected chi connectivity index (χ2v) is 9.17. The first-order valence-electron chi connectivity index (χ1n) is 9.74. The summed E-state index contributed by atoms with van der Waals surface area (Å²) in [5.74, 6) is 7.37. The molecule has 2 aromatic rings. The molecule has 0 aromatic heterocycles. The number of hydrogen-bond acceptors (Lipinski definition) is 4. The highest BCUT2D eigenvalue weighted by atomic mass is 32.2. The van der Waals surface area contributed by atoms with E-state index in [1.807, 2.05) is 18.2 Å². The van der Waals surface area contributed by atoms with Crippen molar-refractivity contribution in [2.75, 3.05) is 20.0 Å². The van der Waals surface area contributed by atoms with Crippen molar-refractivity contribution in [3.8, 4) is 17.6 Å². The first-order valence-corrected chi connectivity index (χ1v) is 11.6. The topological polar surface area (TPSA) is 63.6 Å². The van der Waals surface area contributed by atoms with Crippen molar-refractivity contribution in [2.45, 2.75) is 37.0 Å². The minimum atomic E-state index is -3.23. The van der Waals surface area contributed by atoms with Crippen LogP contribution in [0.2, 0.25) is 0 Å². The SMILES string of the molecule is COc1ccc2c(c1)CCCC(c1ccc(S(C)(=O)=O)cc1)=C2C#CCCCO. The summed E-state index contributed by atoms with van der Waals surface area (Å²) in [7, 11) is -1.56. The molecule has 0 saturated heterocycles. The van der Waals surface area contributed by atoms with Gasteiger partial charge >= 0.3 is 0 Å². The molecule has 2 aromatic carbocycles. The molecule has 1 aliphatic rings. The average Bonchev–Trinajstić information content (AvgIpc) is 2.89. The summed E-state index contributed by atoms with van der Waals surface area (Å²) in [5.41, 5.74) is 5.41. The number of rotatable bonds is 5. The standard InChI is InChI=1S/C24H26O4S/c1-28-20-12-15-23-19(17-20)7-6-9-22(24(23)8-4-3-5-16-25)18-10-13-21(14-11-18)29(2,26)27/h10-15,17,25H,3,5-7,9,16H2,1-2H3. The molecule has 3 rings (SSSR count). The Morgan fingerprint density at radius 1 is 1.10 bits per heavy atom. The normalized spacial score (nSPS) is 13.9. The Balaban J connectivity index is 2.13. The fraction of sp³-hybridized carbons (Fsp3) is 0.333. The summed E-state index contributed by atoms with van der Waals surface area (Å²) in [6.45, 7) is 0.126. The van der Waals surface area contributed by atoms with Crippen molar-refractivity contribution in [3.05, 3.63) is 59.2 Å². The lowest BCUT2D eigenvalue weighted by molar-refractivity contribution is 0.290. The fourth-order valence-corrected chi connectivity index (χ4v) is 4.17. The van der Waals surface area contributed by atoms with Crippen molar-refractivity contribution in [2.24, 2.45) is 0 Å². The van der Waals surface area contributed by atoms with Crippen molar-refractivity contribution in [1.29, 1.82) is 0 Å². The van der Waals surface area contributed by atoms with Crippen LogP contribution in [-0.2, 0) is 16.3 Å². The third-order valence-corrected chi connectivity index (χ3v) is 6.19. The van der Waals surface area contributed by atoms with E-state index in [0.29, 0.717) is 17.7 Å². The predicted octanol–water partition coefficient (Wildman–Crippen LogP) is 4.12. The van der Waals surface area contributed by atoms with Crippen molar-refractivity contribution >= 4 is 21.0 Å². The van der Waals surface area contributed by atoms with Crippen molar-refractivity contribution in [1.82, 2.24) is 0 Å². The van der Waals surface area contributed by atoms with Gasteiger partial charge in [-0.25, -0.2) is 8.42 Å². The lowest BCUT2D eigenvalue weighted by Gasteiger charge is -2.12. The van der Waals surface area contributed by atoms with Gasteiger partial charge in [-0.1, -0.05) is 24.0 Å². The third-order valence-electron chi connectivity index (χ3n) is 5.06. The van der Waals surface area contributed by atoms with E-state index in [4.69, 9.17) is 9.84 Å². The third kappa shape index (κ3) is 5.09. The van der Waals surface area contributed by atoms with Crippen LogP contribution in [0.15, 0.2) is 47.4 Å². The molecule has 29 heavy (non-hydrogen) atoms. The van der Waals surface area contributed by atoms with Gasteiger partial charge in [0, 0.05) is 24.9 Å². The van der Waals surface area contributed by atoms with Gasteiger partial charge in [0.2, 0.25) is 0 Å². The summed E-state index contributed by atoms with van der Waals surface area (Å²) in [6.07, 6.45) is 5.26. The number of aryl methyl sites for hydroxylation is 1. The van der Waals surface area contributed by atoms with Crippen LogP contribution in [0.5, 0.6) is 5.75 Å². The molecule has 0 aliphatic heterocycles. The summed E-state index contributed by atoms with van der Waals surface area (Å²) in [6, 6.07) is 13.1. The van der Waals surface area contributed by atoms with Gasteiger partial charge in [-0.3, -0.25) is 0 Å². The molecule has 0 atom stereocenters. The van der Waals surface area contributed by atoms with Gasteiger partial charge in [-0.05, 0) is 78.3 Å². The Kier molecular flexibility index (Phi) is 6.79. The highest BCUT2D eigenvalue weighted by Crippen LogP contribution is 2.37. The Morgan fingerprint density at radius 3 is 2.52 bits per heavy atom. The van der Waals surface area contributed by atoms with E-state index in [1.54, 1.807) is 19.2 Å². The number of hydrogen-bond donors (Lipinski definition) is 1. The zero-order valence-corrected chi connectivity index (χ0v) is 17.7. The highest BCUT2D eigenvalue weighted by Gasteiger charge is 2.18. The first-order chi connectivity index (χ1) is 13.9. The van der Waals surface area contributed by atoms with E-state index >= 15 is 0 Å². The summed E-state index contributed by atoms with van der Waals surface area (Å²) >= 11 is 0.